The molecule has 6 nitrogen and oxygen atoms in total. The van der Waals surface area contributed by atoms with Crippen LogP contribution in [0.2, 0.25) is 0 Å². The summed E-state index contributed by atoms with van der Waals surface area (Å²) in [7, 11) is 0. The van der Waals surface area contributed by atoms with Crippen molar-refractivity contribution in [2.45, 2.75) is 36.6 Å². The molecule has 1 aromatic heterocycles. The molecule has 2 aliphatic heterocycles. The number of aromatic nitrogens is 2. The number of fused-ring (bicyclic) bond motifs is 6. The highest BCUT2D eigenvalue weighted by Gasteiger charge is 2.37. The molecule has 1 saturated heterocycles. The number of hydrogen-bond donors (Lipinski definition) is 1. The van der Waals surface area contributed by atoms with Gasteiger partial charge in [0.15, 0.2) is 11.5 Å². The van der Waals surface area contributed by atoms with E-state index in [1.54, 1.807) is 0 Å². The molecule has 0 radical (unpaired) electrons. The summed E-state index contributed by atoms with van der Waals surface area (Å²) in [6, 6.07) is 30.0. The van der Waals surface area contributed by atoms with Crippen LogP contribution in [0.5, 0.6) is 11.5 Å². The maximum atomic E-state index is 6.39. The molecular weight excluding hydrogens is 506 g/mol. The van der Waals surface area contributed by atoms with E-state index in [-0.39, 0.29) is 0 Å². The summed E-state index contributed by atoms with van der Waals surface area (Å²) in [5.74, 6) is 2.84. The lowest BCUT2D eigenvalue weighted by Crippen LogP contribution is -2.08. The molecule has 2 unspecified atom stereocenters. The Labute approximate surface area is 231 Å². The molecule has 1 N–H and O–H groups in total. The summed E-state index contributed by atoms with van der Waals surface area (Å²) < 4.78 is 18.5. The molecule has 1 fully saturated rings. The number of rotatable bonds is 10. The third kappa shape index (κ3) is 5.00. The van der Waals surface area contributed by atoms with Crippen LogP contribution in [0.3, 0.4) is 0 Å². The van der Waals surface area contributed by atoms with Gasteiger partial charge in [-0.05, 0) is 64.6 Å². The third-order valence-corrected chi connectivity index (χ3v) is 8.33. The first-order chi connectivity index (χ1) is 19.3. The average Bonchev–Trinajstić information content (AvgIpc) is 3.73. The molecule has 7 rings (SSSR count). The number of hydrogen-bond acceptors (Lipinski definition) is 7. The van der Waals surface area contributed by atoms with Crippen LogP contribution in [0.1, 0.15) is 41.6 Å². The van der Waals surface area contributed by atoms with Crippen LogP contribution in [0, 0.1) is 0 Å². The Hall–Kier alpha value is -3.81. The molecule has 3 heterocycles. The minimum atomic E-state index is 0.418. The normalized spacial score (nSPS) is 17.4. The summed E-state index contributed by atoms with van der Waals surface area (Å²) in [6.45, 7) is 1.09. The molecule has 2 bridgehead atoms. The summed E-state index contributed by atoms with van der Waals surface area (Å²) in [6.07, 6.45) is 3.19. The van der Waals surface area contributed by atoms with Gasteiger partial charge in [-0.2, -0.15) is 0 Å². The third-order valence-electron chi connectivity index (χ3n) is 7.55. The second-order valence-corrected chi connectivity index (χ2v) is 11.0. The van der Waals surface area contributed by atoms with Crippen LogP contribution in [-0.4, -0.2) is 29.2 Å². The molecule has 0 spiro atoms. The lowest BCUT2D eigenvalue weighted by atomic mass is 9.91. The van der Waals surface area contributed by atoms with E-state index in [1.807, 2.05) is 30.3 Å². The second-order valence-electron chi connectivity index (χ2n) is 9.95. The zero-order valence-electron chi connectivity index (χ0n) is 21.5. The van der Waals surface area contributed by atoms with E-state index in [9.17, 15) is 0 Å². The van der Waals surface area contributed by atoms with Crippen molar-refractivity contribution < 1.29 is 13.9 Å². The lowest BCUT2D eigenvalue weighted by molar-refractivity contribution is 0.280. The largest absolute Gasteiger partial charge is 0.489 e. The van der Waals surface area contributed by atoms with E-state index in [4.69, 9.17) is 13.9 Å². The monoisotopic (exact) mass is 535 g/mol. The second kappa shape index (κ2) is 10.8. The highest BCUT2D eigenvalue weighted by molar-refractivity contribution is 7.99. The van der Waals surface area contributed by atoms with Gasteiger partial charge in [0, 0.05) is 29.8 Å². The molecule has 196 valence electrons. The fourth-order valence-electron chi connectivity index (χ4n) is 5.68. The Morgan fingerprint density at radius 3 is 2.33 bits per heavy atom. The molecule has 39 heavy (non-hydrogen) atoms. The van der Waals surface area contributed by atoms with Gasteiger partial charge in [0.1, 0.15) is 0 Å². The smallest absolute Gasteiger partial charge is 0.276 e. The standard InChI is InChI=1S/C32H29N3O3S/c1-2-8-23(9-3-1)31-34-35-32(38-31)39-18-17-37-30-20-26-25(27-13-14-28(26)33-27)19-29(30)36-16-15-22-11-6-10-21-7-4-5-12-24(21)22/h1-12,19-20,27-28,33H,13-18H2. The Bertz CT molecular complexity index is 1600. The SMILES string of the molecule is c1ccc(-c2nnc(SCCOc3cc4c(cc3OCCc3cccc5ccccc35)C3CCC4N3)o2)cc1. The van der Waals surface area contributed by atoms with Crippen LogP contribution in [0.25, 0.3) is 22.2 Å². The van der Waals surface area contributed by atoms with Gasteiger partial charge in [-0.25, -0.2) is 0 Å². The summed E-state index contributed by atoms with van der Waals surface area (Å²) in [5.41, 5.74) is 4.91. The molecule has 2 atom stereocenters. The van der Waals surface area contributed by atoms with E-state index in [2.05, 4.69) is 70.1 Å². The predicted molar refractivity (Wildman–Crippen MR) is 153 cm³/mol. The molecular formula is C32H29N3O3S. The topological polar surface area (TPSA) is 69.4 Å². The van der Waals surface area contributed by atoms with E-state index in [1.165, 1.54) is 52.1 Å². The van der Waals surface area contributed by atoms with Gasteiger partial charge in [0.2, 0.25) is 5.89 Å². The quantitative estimate of drug-likeness (QED) is 0.150. The van der Waals surface area contributed by atoms with Crippen LogP contribution in [0.4, 0.5) is 0 Å². The summed E-state index contributed by atoms with van der Waals surface area (Å²) in [5, 5.41) is 15.1. The summed E-state index contributed by atoms with van der Waals surface area (Å²) >= 11 is 1.50. The maximum Gasteiger partial charge on any atom is 0.276 e. The zero-order valence-corrected chi connectivity index (χ0v) is 22.3. The summed E-state index contributed by atoms with van der Waals surface area (Å²) in [4.78, 5) is 0. The molecule has 4 aromatic carbocycles. The number of nitrogens with one attached hydrogen (secondary N) is 1. The van der Waals surface area contributed by atoms with Gasteiger partial charge in [0.05, 0.1) is 13.2 Å². The van der Waals surface area contributed by atoms with Crippen LogP contribution in [-0.2, 0) is 6.42 Å². The van der Waals surface area contributed by atoms with Crippen LogP contribution in [0.15, 0.2) is 94.6 Å². The van der Waals surface area contributed by atoms with E-state index in [0.717, 1.165) is 23.5 Å². The maximum absolute atomic E-state index is 6.39. The number of benzene rings is 4. The van der Waals surface area contributed by atoms with Crippen molar-refractivity contribution in [3.05, 3.63) is 102 Å². The van der Waals surface area contributed by atoms with Gasteiger partial charge < -0.3 is 19.2 Å². The minimum absolute atomic E-state index is 0.418. The van der Waals surface area contributed by atoms with Gasteiger partial charge in [-0.3, -0.25) is 0 Å². The highest BCUT2D eigenvalue weighted by atomic mass is 32.2. The molecule has 0 saturated carbocycles. The Kier molecular flexibility index (Phi) is 6.68. The van der Waals surface area contributed by atoms with Crippen LogP contribution >= 0.6 is 11.8 Å². The van der Waals surface area contributed by atoms with Crippen molar-refractivity contribution in [3.8, 4) is 23.0 Å². The first-order valence-electron chi connectivity index (χ1n) is 13.5. The number of thioether (sulfide) groups is 1. The Morgan fingerprint density at radius 1 is 0.795 bits per heavy atom. The Balaban J connectivity index is 1.02. The van der Waals surface area contributed by atoms with Gasteiger partial charge in [-0.15, -0.1) is 10.2 Å². The van der Waals surface area contributed by atoms with Crippen molar-refractivity contribution in [1.29, 1.82) is 0 Å². The van der Waals surface area contributed by atoms with Crippen molar-refractivity contribution in [1.82, 2.24) is 15.5 Å². The highest BCUT2D eigenvalue weighted by Crippen LogP contribution is 2.48. The molecule has 0 aliphatic carbocycles. The van der Waals surface area contributed by atoms with E-state index < -0.39 is 0 Å². The number of ether oxygens (including phenoxy) is 2. The zero-order chi connectivity index (χ0) is 26.0. The first-order valence-corrected chi connectivity index (χ1v) is 14.5. The van der Waals surface area contributed by atoms with Gasteiger partial charge in [0.25, 0.3) is 5.22 Å². The fraction of sp³-hybridized carbons (Fsp3) is 0.250. The van der Waals surface area contributed by atoms with Gasteiger partial charge >= 0.3 is 0 Å². The van der Waals surface area contributed by atoms with Crippen molar-refractivity contribution in [2.24, 2.45) is 0 Å². The lowest BCUT2D eigenvalue weighted by Gasteiger charge is -2.19. The molecule has 7 heteroatoms. The number of nitrogens with zero attached hydrogens (tertiary/aromatic N) is 2. The van der Waals surface area contributed by atoms with Gasteiger partial charge in [-0.1, -0.05) is 72.4 Å². The van der Waals surface area contributed by atoms with Crippen molar-refractivity contribution in [2.75, 3.05) is 19.0 Å². The predicted octanol–water partition coefficient (Wildman–Crippen LogP) is 7.16. The van der Waals surface area contributed by atoms with E-state index >= 15 is 0 Å². The molecule has 0 amide bonds. The van der Waals surface area contributed by atoms with Crippen molar-refractivity contribution >= 4 is 22.5 Å². The van der Waals surface area contributed by atoms with E-state index in [0.29, 0.717) is 42.2 Å². The fourth-order valence-corrected chi connectivity index (χ4v) is 6.26. The molecule has 5 aromatic rings. The first kappa shape index (κ1) is 24.2. The Morgan fingerprint density at radius 2 is 1.51 bits per heavy atom. The van der Waals surface area contributed by atoms with Crippen LogP contribution < -0.4 is 14.8 Å². The van der Waals surface area contributed by atoms with Crippen molar-refractivity contribution in [3.63, 3.8) is 0 Å². The molecule has 2 aliphatic rings. The average molecular weight is 536 g/mol. The minimum Gasteiger partial charge on any atom is -0.489 e.